The van der Waals surface area contributed by atoms with Crippen molar-refractivity contribution in [1.29, 1.82) is 0 Å². The summed E-state index contributed by atoms with van der Waals surface area (Å²) in [5.41, 5.74) is 1.46. The van der Waals surface area contributed by atoms with Gasteiger partial charge in [0.2, 0.25) is 0 Å². The molecule has 16 heavy (non-hydrogen) atoms. The molecule has 1 atom stereocenters. The third-order valence-corrected chi connectivity index (χ3v) is 3.02. The van der Waals surface area contributed by atoms with E-state index in [2.05, 4.69) is 15.9 Å². The van der Waals surface area contributed by atoms with Crippen molar-refractivity contribution in [3.05, 3.63) is 57.7 Å². The predicted octanol–water partition coefficient (Wildman–Crippen LogP) is 3.57. The Balaban J connectivity index is 2.38. The van der Waals surface area contributed by atoms with Gasteiger partial charge in [-0.3, -0.25) is 0 Å². The van der Waals surface area contributed by atoms with E-state index in [4.69, 9.17) is 4.42 Å². The molecule has 0 amide bonds. The van der Waals surface area contributed by atoms with Crippen molar-refractivity contribution in [3.63, 3.8) is 0 Å². The topological polar surface area (TPSA) is 33.4 Å². The molecule has 2 aromatic rings. The van der Waals surface area contributed by atoms with Gasteiger partial charge in [0.05, 0.1) is 10.7 Å². The Hall–Kier alpha value is -1.13. The highest BCUT2D eigenvalue weighted by Gasteiger charge is 2.17. The standard InChI is InChI=1S/C12H10BrFO2/c1-7-4-5-16-12(7)11(15)8-2-3-10(14)9(13)6-8/h2-6,11,15H,1H3. The Bertz CT molecular complexity index is 507. The van der Waals surface area contributed by atoms with E-state index in [0.29, 0.717) is 15.8 Å². The lowest BCUT2D eigenvalue weighted by Gasteiger charge is -2.10. The van der Waals surface area contributed by atoms with Gasteiger partial charge in [-0.2, -0.15) is 0 Å². The van der Waals surface area contributed by atoms with Crippen molar-refractivity contribution in [2.24, 2.45) is 0 Å². The minimum absolute atomic E-state index is 0.327. The van der Waals surface area contributed by atoms with E-state index in [9.17, 15) is 9.50 Å². The summed E-state index contributed by atoms with van der Waals surface area (Å²) in [4.78, 5) is 0. The van der Waals surface area contributed by atoms with Crippen LogP contribution in [0.2, 0.25) is 0 Å². The summed E-state index contributed by atoms with van der Waals surface area (Å²) in [6.07, 6.45) is 0.652. The largest absolute Gasteiger partial charge is 0.466 e. The van der Waals surface area contributed by atoms with Crippen LogP contribution in [0, 0.1) is 12.7 Å². The average molecular weight is 285 g/mol. The average Bonchev–Trinajstić information content (AvgIpc) is 2.67. The maximum atomic E-state index is 13.0. The monoisotopic (exact) mass is 284 g/mol. The zero-order chi connectivity index (χ0) is 11.7. The fourth-order valence-electron chi connectivity index (χ4n) is 1.50. The van der Waals surface area contributed by atoms with E-state index in [1.807, 2.05) is 6.92 Å². The molecular formula is C12H10BrFO2. The van der Waals surface area contributed by atoms with Crippen molar-refractivity contribution in [1.82, 2.24) is 0 Å². The van der Waals surface area contributed by atoms with Gasteiger partial charge in [-0.05, 0) is 52.2 Å². The van der Waals surface area contributed by atoms with Gasteiger partial charge in [0.15, 0.2) is 0 Å². The molecular weight excluding hydrogens is 275 g/mol. The molecule has 1 heterocycles. The summed E-state index contributed by atoms with van der Waals surface area (Å²) in [5, 5.41) is 10.0. The van der Waals surface area contributed by atoms with Gasteiger partial charge in [-0.1, -0.05) is 6.07 Å². The van der Waals surface area contributed by atoms with Crippen LogP contribution in [-0.4, -0.2) is 5.11 Å². The van der Waals surface area contributed by atoms with Crippen molar-refractivity contribution in [2.75, 3.05) is 0 Å². The highest BCUT2D eigenvalue weighted by atomic mass is 79.9. The van der Waals surface area contributed by atoms with Gasteiger partial charge in [-0.25, -0.2) is 4.39 Å². The van der Waals surface area contributed by atoms with Gasteiger partial charge in [0.1, 0.15) is 17.7 Å². The molecule has 1 aromatic heterocycles. The lowest BCUT2D eigenvalue weighted by molar-refractivity contribution is 0.188. The zero-order valence-corrected chi connectivity index (χ0v) is 10.2. The molecule has 0 spiro atoms. The van der Waals surface area contributed by atoms with Crippen LogP contribution in [0.15, 0.2) is 39.4 Å². The number of furan rings is 1. The Morgan fingerprint density at radius 3 is 2.69 bits per heavy atom. The van der Waals surface area contributed by atoms with Crippen LogP contribution in [0.3, 0.4) is 0 Å². The van der Waals surface area contributed by atoms with E-state index in [-0.39, 0.29) is 5.82 Å². The minimum Gasteiger partial charge on any atom is -0.466 e. The van der Waals surface area contributed by atoms with Gasteiger partial charge in [0.25, 0.3) is 0 Å². The molecule has 0 fully saturated rings. The van der Waals surface area contributed by atoms with Crippen molar-refractivity contribution >= 4 is 15.9 Å². The first kappa shape index (κ1) is 11.4. The van der Waals surface area contributed by atoms with Crippen LogP contribution in [0.25, 0.3) is 0 Å². The maximum absolute atomic E-state index is 13.0. The molecule has 2 rings (SSSR count). The summed E-state index contributed by atoms with van der Waals surface area (Å²) in [7, 11) is 0. The second-order valence-corrected chi connectivity index (χ2v) is 4.40. The summed E-state index contributed by atoms with van der Waals surface area (Å²) in [6.45, 7) is 1.85. The van der Waals surface area contributed by atoms with E-state index in [0.717, 1.165) is 5.56 Å². The quantitative estimate of drug-likeness (QED) is 0.915. The smallest absolute Gasteiger partial charge is 0.139 e. The molecule has 0 saturated heterocycles. The van der Waals surface area contributed by atoms with Gasteiger partial charge < -0.3 is 9.52 Å². The molecule has 0 aliphatic rings. The molecule has 1 aromatic carbocycles. The molecule has 0 aliphatic carbocycles. The predicted molar refractivity (Wildman–Crippen MR) is 61.6 cm³/mol. The third kappa shape index (κ3) is 2.03. The maximum Gasteiger partial charge on any atom is 0.139 e. The molecule has 1 N–H and O–H groups in total. The highest BCUT2D eigenvalue weighted by molar-refractivity contribution is 9.10. The lowest BCUT2D eigenvalue weighted by atomic mass is 10.1. The van der Waals surface area contributed by atoms with Gasteiger partial charge in [-0.15, -0.1) is 0 Å². The van der Waals surface area contributed by atoms with E-state index in [1.54, 1.807) is 12.1 Å². The van der Waals surface area contributed by atoms with Crippen LogP contribution in [0.5, 0.6) is 0 Å². The third-order valence-electron chi connectivity index (χ3n) is 2.41. The van der Waals surface area contributed by atoms with Crippen molar-refractivity contribution in [3.8, 4) is 0 Å². The van der Waals surface area contributed by atoms with Crippen molar-refractivity contribution in [2.45, 2.75) is 13.0 Å². The first-order valence-corrected chi connectivity index (χ1v) is 5.56. The molecule has 0 radical (unpaired) electrons. The number of hydrogen-bond donors (Lipinski definition) is 1. The van der Waals surface area contributed by atoms with Crippen LogP contribution < -0.4 is 0 Å². The zero-order valence-electron chi connectivity index (χ0n) is 8.58. The van der Waals surface area contributed by atoms with Gasteiger partial charge in [0, 0.05) is 0 Å². The molecule has 84 valence electrons. The first-order valence-electron chi connectivity index (χ1n) is 4.76. The van der Waals surface area contributed by atoms with Crippen LogP contribution in [-0.2, 0) is 0 Å². The number of aryl methyl sites for hydroxylation is 1. The summed E-state index contributed by atoms with van der Waals surface area (Å²) in [6, 6.07) is 6.16. The van der Waals surface area contributed by atoms with E-state index >= 15 is 0 Å². The number of aliphatic hydroxyl groups excluding tert-OH is 1. The Morgan fingerprint density at radius 1 is 1.38 bits per heavy atom. The molecule has 4 heteroatoms. The number of hydrogen-bond acceptors (Lipinski definition) is 2. The summed E-state index contributed by atoms with van der Waals surface area (Å²) in [5.74, 6) is 0.130. The number of aliphatic hydroxyl groups is 1. The number of rotatable bonds is 2. The summed E-state index contributed by atoms with van der Waals surface area (Å²) < 4.78 is 18.6. The second kappa shape index (κ2) is 4.39. The fourth-order valence-corrected chi connectivity index (χ4v) is 1.89. The summed E-state index contributed by atoms with van der Waals surface area (Å²) >= 11 is 3.08. The molecule has 0 bridgehead atoms. The van der Waals surface area contributed by atoms with Crippen molar-refractivity contribution < 1.29 is 13.9 Å². The molecule has 0 aliphatic heterocycles. The van der Waals surface area contributed by atoms with Crippen LogP contribution >= 0.6 is 15.9 Å². The molecule has 2 nitrogen and oxygen atoms in total. The SMILES string of the molecule is Cc1ccoc1C(O)c1ccc(F)c(Br)c1. The second-order valence-electron chi connectivity index (χ2n) is 3.54. The van der Waals surface area contributed by atoms with Crippen LogP contribution in [0.4, 0.5) is 4.39 Å². The highest BCUT2D eigenvalue weighted by Crippen LogP contribution is 2.28. The Morgan fingerprint density at radius 2 is 2.12 bits per heavy atom. The Kier molecular flexibility index (Phi) is 3.12. The van der Waals surface area contributed by atoms with E-state index < -0.39 is 6.10 Å². The minimum atomic E-state index is -0.869. The number of benzene rings is 1. The fraction of sp³-hybridized carbons (Fsp3) is 0.167. The van der Waals surface area contributed by atoms with E-state index in [1.165, 1.54) is 18.4 Å². The molecule has 0 saturated carbocycles. The Labute approximate surface area is 101 Å². The van der Waals surface area contributed by atoms with Gasteiger partial charge >= 0.3 is 0 Å². The normalized spacial score (nSPS) is 12.8. The molecule has 1 unspecified atom stereocenters. The number of halogens is 2. The van der Waals surface area contributed by atoms with Crippen LogP contribution in [0.1, 0.15) is 23.0 Å². The lowest BCUT2D eigenvalue weighted by Crippen LogP contribution is -2.00. The first-order chi connectivity index (χ1) is 7.59.